The smallest absolute Gasteiger partial charge is 0.326 e. The standard InChI is InChI=1S/C15H25NO4/c1-15(2)7-5-8-16(13(15)14(18)19)12(17)10-11-6-3-4-9-20-11/h11,13H,3-10H2,1-2H3,(H,18,19). The van der Waals surface area contributed by atoms with Crippen LogP contribution in [0.4, 0.5) is 0 Å². The molecule has 0 radical (unpaired) electrons. The van der Waals surface area contributed by atoms with Crippen molar-refractivity contribution in [3.63, 3.8) is 0 Å². The van der Waals surface area contributed by atoms with Gasteiger partial charge in [-0.05, 0) is 37.5 Å². The maximum absolute atomic E-state index is 12.5. The van der Waals surface area contributed by atoms with Crippen LogP contribution in [-0.4, -0.2) is 47.2 Å². The zero-order chi connectivity index (χ0) is 14.8. The highest BCUT2D eigenvalue weighted by atomic mass is 16.5. The van der Waals surface area contributed by atoms with E-state index < -0.39 is 12.0 Å². The molecule has 2 fully saturated rings. The van der Waals surface area contributed by atoms with E-state index in [1.165, 1.54) is 0 Å². The molecule has 2 aliphatic rings. The number of aliphatic carboxylic acids is 1. The van der Waals surface area contributed by atoms with Gasteiger partial charge in [-0.3, -0.25) is 4.79 Å². The van der Waals surface area contributed by atoms with Crippen LogP contribution in [0.25, 0.3) is 0 Å². The Labute approximate surface area is 120 Å². The summed E-state index contributed by atoms with van der Waals surface area (Å²) in [6, 6.07) is -0.715. The van der Waals surface area contributed by atoms with Gasteiger partial charge < -0.3 is 14.7 Å². The molecule has 2 heterocycles. The summed E-state index contributed by atoms with van der Waals surface area (Å²) >= 11 is 0. The number of likely N-dealkylation sites (tertiary alicyclic amines) is 1. The Morgan fingerprint density at radius 2 is 2.05 bits per heavy atom. The summed E-state index contributed by atoms with van der Waals surface area (Å²) in [5, 5.41) is 9.47. The molecule has 1 N–H and O–H groups in total. The zero-order valence-corrected chi connectivity index (χ0v) is 12.4. The van der Waals surface area contributed by atoms with Gasteiger partial charge >= 0.3 is 5.97 Å². The van der Waals surface area contributed by atoms with E-state index in [0.717, 1.165) is 32.1 Å². The van der Waals surface area contributed by atoms with Crippen molar-refractivity contribution in [1.29, 1.82) is 0 Å². The molecule has 114 valence electrons. The van der Waals surface area contributed by atoms with E-state index in [1.807, 2.05) is 13.8 Å². The van der Waals surface area contributed by atoms with Crippen molar-refractivity contribution in [2.45, 2.75) is 64.5 Å². The molecule has 2 saturated heterocycles. The summed E-state index contributed by atoms with van der Waals surface area (Å²) in [7, 11) is 0. The summed E-state index contributed by atoms with van der Waals surface area (Å²) in [5.74, 6) is -0.968. The average molecular weight is 283 g/mol. The lowest BCUT2D eigenvalue weighted by Crippen LogP contribution is -2.56. The first-order valence-corrected chi connectivity index (χ1v) is 7.56. The highest BCUT2D eigenvalue weighted by molar-refractivity contribution is 5.84. The number of hydrogen-bond donors (Lipinski definition) is 1. The van der Waals surface area contributed by atoms with E-state index in [-0.39, 0.29) is 17.4 Å². The molecular weight excluding hydrogens is 258 g/mol. The average Bonchev–Trinajstić information content (AvgIpc) is 2.37. The Bertz CT molecular complexity index is 374. The van der Waals surface area contributed by atoms with E-state index in [0.29, 0.717) is 19.6 Å². The van der Waals surface area contributed by atoms with Gasteiger partial charge in [0.05, 0.1) is 12.5 Å². The van der Waals surface area contributed by atoms with Crippen LogP contribution in [0.2, 0.25) is 0 Å². The number of carboxylic acid groups (broad SMARTS) is 1. The van der Waals surface area contributed by atoms with Gasteiger partial charge in [-0.2, -0.15) is 0 Å². The van der Waals surface area contributed by atoms with E-state index in [9.17, 15) is 14.7 Å². The number of carbonyl (C=O) groups is 2. The molecule has 2 aliphatic heterocycles. The van der Waals surface area contributed by atoms with Gasteiger partial charge in [-0.15, -0.1) is 0 Å². The molecule has 0 aromatic carbocycles. The Morgan fingerprint density at radius 3 is 2.65 bits per heavy atom. The number of amides is 1. The molecule has 5 nitrogen and oxygen atoms in total. The lowest BCUT2D eigenvalue weighted by molar-refractivity contribution is -0.160. The fourth-order valence-electron chi connectivity index (χ4n) is 3.41. The molecule has 2 unspecified atom stereocenters. The van der Waals surface area contributed by atoms with Crippen LogP contribution >= 0.6 is 0 Å². The second-order valence-electron chi connectivity index (χ2n) is 6.61. The van der Waals surface area contributed by atoms with Crippen LogP contribution < -0.4 is 0 Å². The van der Waals surface area contributed by atoms with Crippen molar-refractivity contribution in [2.24, 2.45) is 5.41 Å². The fourth-order valence-corrected chi connectivity index (χ4v) is 3.41. The first kappa shape index (κ1) is 15.3. The molecule has 0 bridgehead atoms. The molecule has 0 aliphatic carbocycles. The SMILES string of the molecule is CC1(C)CCCN(C(=O)CC2CCCCO2)C1C(=O)O. The van der Waals surface area contributed by atoms with Gasteiger partial charge in [0.15, 0.2) is 0 Å². The Morgan fingerprint density at radius 1 is 1.30 bits per heavy atom. The summed E-state index contributed by atoms with van der Waals surface area (Å²) in [5.41, 5.74) is -0.368. The number of hydrogen-bond acceptors (Lipinski definition) is 3. The number of nitrogens with zero attached hydrogens (tertiary/aromatic N) is 1. The molecule has 0 aromatic rings. The van der Waals surface area contributed by atoms with Gasteiger partial charge in [-0.25, -0.2) is 4.79 Å². The molecule has 5 heteroatoms. The molecule has 2 atom stereocenters. The maximum Gasteiger partial charge on any atom is 0.326 e. The normalized spacial score (nSPS) is 30.0. The third-order valence-corrected chi connectivity index (χ3v) is 4.50. The second kappa shape index (κ2) is 6.12. The van der Waals surface area contributed by atoms with Gasteiger partial charge in [0.1, 0.15) is 6.04 Å². The van der Waals surface area contributed by atoms with Crippen LogP contribution in [0.3, 0.4) is 0 Å². The Kier molecular flexibility index (Phi) is 4.68. The molecule has 0 spiro atoms. The van der Waals surface area contributed by atoms with Gasteiger partial charge in [-0.1, -0.05) is 13.8 Å². The quantitative estimate of drug-likeness (QED) is 0.861. The number of rotatable bonds is 3. The fraction of sp³-hybridized carbons (Fsp3) is 0.867. The number of piperidine rings is 1. The Hall–Kier alpha value is -1.10. The minimum Gasteiger partial charge on any atom is -0.480 e. The van der Waals surface area contributed by atoms with Gasteiger partial charge in [0.25, 0.3) is 0 Å². The molecule has 2 rings (SSSR count). The number of ether oxygens (including phenoxy) is 1. The minimum atomic E-state index is -0.896. The van der Waals surface area contributed by atoms with Crippen LogP contribution in [-0.2, 0) is 14.3 Å². The third kappa shape index (κ3) is 3.32. The number of carbonyl (C=O) groups excluding carboxylic acids is 1. The largest absolute Gasteiger partial charge is 0.480 e. The lowest BCUT2D eigenvalue weighted by Gasteiger charge is -2.44. The summed E-state index contributed by atoms with van der Waals surface area (Å²) in [6.07, 6.45) is 5.04. The zero-order valence-electron chi connectivity index (χ0n) is 12.4. The second-order valence-corrected chi connectivity index (χ2v) is 6.61. The summed E-state index contributed by atoms with van der Waals surface area (Å²) in [6.45, 7) is 5.13. The van der Waals surface area contributed by atoms with Crippen molar-refractivity contribution in [2.75, 3.05) is 13.2 Å². The van der Waals surface area contributed by atoms with Crippen LogP contribution in [0.5, 0.6) is 0 Å². The maximum atomic E-state index is 12.5. The van der Waals surface area contributed by atoms with E-state index in [2.05, 4.69) is 0 Å². The van der Waals surface area contributed by atoms with Crippen molar-refractivity contribution >= 4 is 11.9 Å². The molecule has 1 amide bonds. The van der Waals surface area contributed by atoms with Crippen LogP contribution in [0, 0.1) is 5.41 Å². The van der Waals surface area contributed by atoms with Crippen molar-refractivity contribution < 1.29 is 19.4 Å². The topological polar surface area (TPSA) is 66.8 Å². The Balaban J connectivity index is 2.04. The number of carboxylic acids is 1. The van der Waals surface area contributed by atoms with E-state index in [4.69, 9.17) is 4.74 Å². The lowest BCUT2D eigenvalue weighted by atomic mass is 9.76. The van der Waals surface area contributed by atoms with Crippen molar-refractivity contribution in [3.05, 3.63) is 0 Å². The highest BCUT2D eigenvalue weighted by Crippen LogP contribution is 2.36. The van der Waals surface area contributed by atoms with Crippen molar-refractivity contribution in [1.82, 2.24) is 4.90 Å². The monoisotopic (exact) mass is 283 g/mol. The molecule has 0 aromatic heterocycles. The summed E-state index contributed by atoms with van der Waals surface area (Å²) < 4.78 is 5.59. The minimum absolute atomic E-state index is 0.0317. The van der Waals surface area contributed by atoms with Crippen LogP contribution in [0.15, 0.2) is 0 Å². The highest BCUT2D eigenvalue weighted by Gasteiger charge is 2.44. The van der Waals surface area contributed by atoms with E-state index in [1.54, 1.807) is 4.90 Å². The predicted octanol–water partition coefficient (Wildman–Crippen LogP) is 2.05. The molecule has 20 heavy (non-hydrogen) atoms. The first-order valence-electron chi connectivity index (χ1n) is 7.56. The summed E-state index contributed by atoms with van der Waals surface area (Å²) in [4.78, 5) is 25.6. The molecular formula is C15H25NO4. The predicted molar refractivity (Wildman–Crippen MR) is 74.4 cm³/mol. The first-order chi connectivity index (χ1) is 9.42. The third-order valence-electron chi connectivity index (χ3n) is 4.50. The van der Waals surface area contributed by atoms with E-state index >= 15 is 0 Å². The molecule has 0 saturated carbocycles. The van der Waals surface area contributed by atoms with Gasteiger partial charge in [0, 0.05) is 13.2 Å². The van der Waals surface area contributed by atoms with Gasteiger partial charge in [0.2, 0.25) is 5.91 Å². The van der Waals surface area contributed by atoms with Crippen molar-refractivity contribution in [3.8, 4) is 0 Å². The van der Waals surface area contributed by atoms with Crippen LogP contribution in [0.1, 0.15) is 52.4 Å².